The molecule has 7 nitrogen and oxygen atoms in total. The van der Waals surface area contributed by atoms with Gasteiger partial charge in [-0.15, -0.1) is 0 Å². The molecule has 3 aliphatic rings. The lowest BCUT2D eigenvalue weighted by Crippen LogP contribution is -2.68. The number of benzene rings is 2. The van der Waals surface area contributed by atoms with Crippen LogP contribution in [0.2, 0.25) is 0 Å². The molecule has 0 unspecified atom stereocenters. The van der Waals surface area contributed by atoms with Crippen molar-refractivity contribution < 1.29 is 19.4 Å². The van der Waals surface area contributed by atoms with E-state index in [9.17, 15) is 9.90 Å². The van der Waals surface area contributed by atoms with Crippen LogP contribution in [-0.2, 0) is 9.53 Å². The van der Waals surface area contributed by atoms with Gasteiger partial charge in [0.2, 0.25) is 5.91 Å². The van der Waals surface area contributed by atoms with Crippen LogP contribution in [-0.4, -0.2) is 104 Å². The molecule has 1 amide bonds. The standard InChI is InChI=1S/C28H37N3O4/c1-34-26-7-3-2-6-23(26)21-8-10-22(11-9-21)28-24-18-30(12-4-5-13-31(24)25(28)20-32)27(33)19-29-14-16-35-17-15-29/h2-3,6-11,24-25,28,32H,4-5,12-20H2,1H3/t24-,25+,28-/m1/s1. The van der Waals surface area contributed by atoms with Gasteiger partial charge in [0.1, 0.15) is 5.75 Å². The average molecular weight is 480 g/mol. The number of aliphatic hydroxyl groups is 1. The summed E-state index contributed by atoms with van der Waals surface area (Å²) in [6.45, 7) is 6.18. The highest BCUT2D eigenvalue weighted by Crippen LogP contribution is 2.42. The Morgan fingerprint density at radius 2 is 1.77 bits per heavy atom. The zero-order valence-electron chi connectivity index (χ0n) is 20.6. The maximum atomic E-state index is 13.2. The van der Waals surface area contributed by atoms with Gasteiger partial charge in [0.25, 0.3) is 0 Å². The van der Waals surface area contributed by atoms with Crippen molar-refractivity contribution in [3.63, 3.8) is 0 Å². The number of para-hydroxylation sites is 1. The third-order valence-corrected chi connectivity index (χ3v) is 7.90. The van der Waals surface area contributed by atoms with Gasteiger partial charge < -0.3 is 19.5 Å². The van der Waals surface area contributed by atoms with E-state index in [1.54, 1.807) is 7.11 Å². The van der Waals surface area contributed by atoms with Crippen molar-refractivity contribution >= 4 is 5.91 Å². The van der Waals surface area contributed by atoms with Gasteiger partial charge >= 0.3 is 0 Å². The quantitative estimate of drug-likeness (QED) is 0.687. The summed E-state index contributed by atoms with van der Waals surface area (Å²) >= 11 is 0. The van der Waals surface area contributed by atoms with Crippen molar-refractivity contribution in [3.05, 3.63) is 54.1 Å². The second-order valence-electron chi connectivity index (χ2n) is 9.84. The summed E-state index contributed by atoms with van der Waals surface area (Å²) < 4.78 is 11.0. The minimum Gasteiger partial charge on any atom is -0.496 e. The van der Waals surface area contributed by atoms with Gasteiger partial charge in [0.15, 0.2) is 0 Å². The van der Waals surface area contributed by atoms with E-state index >= 15 is 0 Å². The van der Waals surface area contributed by atoms with E-state index in [1.807, 2.05) is 18.2 Å². The van der Waals surface area contributed by atoms with E-state index in [2.05, 4.69) is 45.0 Å². The number of ether oxygens (including phenoxy) is 2. The fourth-order valence-electron chi connectivity index (χ4n) is 5.99. The Bertz CT molecular complexity index is 992. The molecule has 3 atom stereocenters. The molecule has 0 bridgehead atoms. The third kappa shape index (κ3) is 5.09. The van der Waals surface area contributed by atoms with Crippen LogP contribution in [0.15, 0.2) is 48.5 Å². The highest BCUT2D eigenvalue weighted by atomic mass is 16.5. The van der Waals surface area contributed by atoms with Gasteiger partial charge in [-0.3, -0.25) is 14.6 Å². The largest absolute Gasteiger partial charge is 0.496 e. The number of hydrogen-bond donors (Lipinski definition) is 1. The Labute approximate surface area is 208 Å². The van der Waals surface area contributed by atoms with Gasteiger partial charge in [-0.05, 0) is 36.6 Å². The predicted octanol–water partition coefficient (Wildman–Crippen LogP) is 2.45. The van der Waals surface area contributed by atoms with Crippen LogP contribution < -0.4 is 4.74 Å². The van der Waals surface area contributed by atoms with Crippen molar-refractivity contribution in [2.75, 3.05) is 66.2 Å². The predicted molar refractivity (Wildman–Crippen MR) is 136 cm³/mol. The fourth-order valence-corrected chi connectivity index (χ4v) is 5.99. The topological polar surface area (TPSA) is 65.5 Å². The van der Waals surface area contributed by atoms with Crippen LogP contribution in [0.5, 0.6) is 5.75 Å². The summed E-state index contributed by atoms with van der Waals surface area (Å²) in [5, 5.41) is 10.3. The molecule has 35 heavy (non-hydrogen) atoms. The molecule has 1 N–H and O–H groups in total. The van der Waals surface area contributed by atoms with Crippen molar-refractivity contribution in [1.82, 2.24) is 14.7 Å². The number of rotatable bonds is 6. The lowest BCUT2D eigenvalue weighted by atomic mass is 9.74. The molecule has 0 radical (unpaired) electrons. The molecule has 3 aliphatic heterocycles. The van der Waals surface area contributed by atoms with Crippen LogP contribution in [0, 0.1) is 0 Å². The molecule has 5 rings (SSSR count). The first-order chi connectivity index (χ1) is 17.2. The average Bonchev–Trinajstić information content (AvgIpc) is 2.88. The van der Waals surface area contributed by atoms with Gasteiger partial charge in [0.05, 0.1) is 33.5 Å². The molecule has 2 aromatic carbocycles. The van der Waals surface area contributed by atoms with E-state index in [0.29, 0.717) is 19.8 Å². The Morgan fingerprint density at radius 3 is 2.51 bits per heavy atom. The minimum absolute atomic E-state index is 0.103. The normalized spacial score (nSPS) is 25.8. The SMILES string of the molecule is COc1ccccc1-c1ccc([C@@H]2[C@H]3CN(C(=O)CN4CCOCC4)CCCCN3[C@H]2CO)cc1. The van der Waals surface area contributed by atoms with Crippen LogP contribution in [0.4, 0.5) is 0 Å². The van der Waals surface area contributed by atoms with Crippen molar-refractivity contribution in [3.8, 4) is 16.9 Å². The van der Waals surface area contributed by atoms with E-state index in [4.69, 9.17) is 9.47 Å². The smallest absolute Gasteiger partial charge is 0.236 e. The van der Waals surface area contributed by atoms with Crippen molar-refractivity contribution in [2.45, 2.75) is 30.8 Å². The molecular formula is C28H37N3O4. The number of methoxy groups -OCH3 is 1. The van der Waals surface area contributed by atoms with Crippen LogP contribution in [0.25, 0.3) is 11.1 Å². The van der Waals surface area contributed by atoms with E-state index in [1.165, 1.54) is 5.56 Å². The van der Waals surface area contributed by atoms with Gasteiger partial charge in [-0.2, -0.15) is 0 Å². The number of aliphatic hydroxyl groups excluding tert-OH is 1. The fraction of sp³-hybridized carbons (Fsp3) is 0.536. The van der Waals surface area contributed by atoms with Crippen LogP contribution in [0.3, 0.4) is 0 Å². The first-order valence-electron chi connectivity index (χ1n) is 12.9. The highest BCUT2D eigenvalue weighted by Gasteiger charge is 2.49. The van der Waals surface area contributed by atoms with Gasteiger partial charge in [0, 0.05) is 49.7 Å². The Hall–Kier alpha value is -2.45. The lowest BCUT2D eigenvalue weighted by molar-refractivity contribution is -0.138. The van der Waals surface area contributed by atoms with Gasteiger partial charge in [-0.25, -0.2) is 0 Å². The van der Waals surface area contributed by atoms with E-state index in [0.717, 1.165) is 62.4 Å². The molecule has 0 spiro atoms. The van der Waals surface area contributed by atoms with Crippen molar-refractivity contribution in [1.29, 1.82) is 0 Å². The summed E-state index contributed by atoms with van der Waals surface area (Å²) in [5.74, 6) is 1.28. The molecule has 0 aliphatic carbocycles. The van der Waals surface area contributed by atoms with Crippen molar-refractivity contribution in [2.24, 2.45) is 0 Å². The Balaban J connectivity index is 1.33. The first-order valence-corrected chi connectivity index (χ1v) is 12.9. The summed E-state index contributed by atoms with van der Waals surface area (Å²) in [6.07, 6.45) is 2.06. The molecule has 3 saturated heterocycles. The number of hydrogen-bond acceptors (Lipinski definition) is 6. The number of nitrogens with zero attached hydrogens (tertiary/aromatic N) is 3. The third-order valence-electron chi connectivity index (χ3n) is 7.90. The van der Waals surface area contributed by atoms with Crippen LogP contribution >= 0.6 is 0 Å². The molecule has 3 fully saturated rings. The Kier molecular flexibility index (Phi) is 7.68. The summed E-state index contributed by atoms with van der Waals surface area (Å²) in [4.78, 5) is 19.9. The summed E-state index contributed by atoms with van der Waals surface area (Å²) in [7, 11) is 1.70. The second-order valence-corrected chi connectivity index (χ2v) is 9.84. The van der Waals surface area contributed by atoms with E-state index < -0.39 is 0 Å². The van der Waals surface area contributed by atoms with E-state index in [-0.39, 0.29) is 30.5 Å². The molecular weight excluding hydrogens is 442 g/mol. The lowest BCUT2D eigenvalue weighted by Gasteiger charge is -2.57. The summed E-state index contributed by atoms with van der Waals surface area (Å²) in [5.41, 5.74) is 3.41. The van der Waals surface area contributed by atoms with Gasteiger partial charge in [-0.1, -0.05) is 42.5 Å². The zero-order chi connectivity index (χ0) is 24.2. The first kappa shape index (κ1) is 24.3. The zero-order valence-corrected chi connectivity index (χ0v) is 20.6. The molecule has 7 heteroatoms. The number of morpholine rings is 1. The molecule has 188 valence electrons. The molecule has 0 saturated carbocycles. The second kappa shape index (κ2) is 11.1. The molecule has 2 aromatic rings. The molecule has 0 aromatic heterocycles. The highest BCUT2D eigenvalue weighted by molar-refractivity contribution is 5.78. The minimum atomic E-state index is 0.103. The number of fused-ring (bicyclic) bond motifs is 1. The number of carbonyl (C=O) groups excluding carboxylic acids is 1. The number of amides is 1. The molecule has 3 heterocycles. The summed E-state index contributed by atoms with van der Waals surface area (Å²) in [6, 6.07) is 17.1. The number of carbonyl (C=O) groups is 1. The maximum Gasteiger partial charge on any atom is 0.236 e. The Morgan fingerprint density at radius 1 is 1.03 bits per heavy atom. The van der Waals surface area contributed by atoms with Crippen LogP contribution in [0.1, 0.15) is 24.3 Å². The maximum absolute atomic E-state index is 13.2. The monoisotopic (exact) mass is 479 g/mol.